The van der Waals surface area contributed by atoms with Gasteiger partial charge in [0, 0.05) is 20.2 Å². The van der Waals surface area contributed by atoms with E-state index < -0.39 is 0 Å². The second-order valence-corrected chi connectivity index (χ2v) is 6.63. The van der Waals surface area contributed by atoms with Crippen LogP contribution in [-0.2, 0) is 6.42 Å². The first-order chi connectivity index (χ1) is 9.78. The first-order valence-electron chi connectivity index (χ1n) is 7.39. The molecule has 0 saturated heterocycles. The third kappa shape index (κ3) is 2.72. The lowest BCUT2D eigenvalue weighted by molar-refractivity contribution is 0.522. The zero-order valence-electron chi connectivity index (χ0n) is 12.1. The Balaban J connectivity index is 1.91. The molecular weight excluding hydrogens is 262 g/mol. The Kier molecular flexibility index (Phi) is 4.04. The predicted octanol–water partition coefficient (Wildman–Crippen LogP) is 4.84. The van der Waals surface area contributed by atoms with Crippen LogP contribution >= 0.6 is 11.3 Å². The lowest BCUT2D eigenvalue weighted by Crippen LogP contribution is -2.21. The lowest BCUT2D eigenvalue weighted by Gasteiger charge is -2.11. The van der Waals surface area contributed by atoms with Crippen LogP contribution in [0.5, 0.6) is 0 Å². The third-order valence-electron chi connectivity index (χ3n) is 3.77. The molecule has 0 fully saturated rings. The van der Waals surface area contributed by atoms with Crippen LogP contribution in [0.25, 0.3) is 20.2 Å². The zero-order chi connectivity index (χ0) is 13.9. The van der Waals surface area contributed by atoms with Gasteiger partial charge in [0.25, 0.3) is 0 Å². The minimum Gasteiger partial charge on any atom is -0.317 e. The largest absolute Gasteiger partial charge is 0.317 e. The van der Waals surface area contributed by atoms with E-state index in [-0.39, 0.29) is 0 Å². The molecular formula is C18H21NS. The van der Waals surface area contributed by atoms with Gasteiger partial charge in [-0.3, -0.25) is 0 Å². The number of fused-ring (bicyclic) bond motifs is 3. The molecule has 0 spiro atoms. The Morgan fingerprint density at radius 2 is 1.85 bits per heavy atom. The maximum atomic E-state index is 3.43. The van der Waals surface area contributed by atoms with Crippen molar-refractivity contribution in [1.29, 1.82) is 0 Å². The van der Waals surface area contributed by atoms with Gasteiger partial charge in [0.1, 0.15) is 0 Å². The summed E-state index contributed by atoms with van der Waals surface area (Å²) in [4.78, 5) is 0. The predicted molar refractivity (Wildman–Crippen MR) is 90.7 cm³/mol. The van der Waals surface area contributed by atoms with Crippen LogP contribution in [0.15, 0.2) is 42.5 Å². The van der Waals surface area contributed by atoms with Crippen molar-refractivity contribution in [3.05, 3.63) is 48.0 Å². The highest BCUT2D eigenvalue weighted by Gasteiger charge is 2.07. The van der Waals surface area contributed by atoms with E-state index in [9.17, 15) is 0 Å². The van der Waals surface area contributed by atoms with Crippen molar-refractivity contribution in [2.24, 2.45) is 5.92 Å². The molecule has 1 heterocycles. The SMILES string of the molecule is CCNCC(C)Cc1ccc2sc3ccccc3c2c1. The highest BCUT2D eigenvalue weighted by Crippen LogP contribution is 2.34. The molecule has 1 N–H and O–H groups in total. The summed E-state index contributed by atoms with van der Waals surface area (Å²) in [6.45, 7) is 6.63. The smallest absolute Gasteiger partial charge is 0.0355 e. The van der Waals surface area contributed by atoms with Gasteiger partial charge in [-0.05, 0) is 49.2 Å². The fourth-order valence-corrected chi connectivity index (χ4v) is 3.85. The average molecular weight is 283 g/mol. The quantitative estimate of drug-likeness (QED) is 0.706. The Hall–Kier alpha value is -1.38. The van der Waals surface area contributed by atoms with Crippen LogP contribution in [0, 0.1) is 5.92 Å². The van der Waals surface area contributed by atoms with Gasteiger partial charge in [0.05, 0.1) is 0 Å². The Morgan fingerprint density at radius 3 is 2.70 bits per heavy atom. The first-order valence-corrected chi connectivity index (χ1v) is 8.20. The highest BCUT2D eigenvalue weighted by molar-refractivity contribution is 7.25. The monoisotopic (exact) mass is 283 g/mol. The van der Waals surface area contributed by atoms with Crippen molar-refractivity contribution in [1.82, 2.24) is 5.32 Å². The number of thiophene rings is 1. The summed E-state index contributed by atoms with van der Waals surface area (Å²) in [5.74, 6) is 0.678. The fourth-order valence-electron chi connectivity index (χ4n) is 2.77. The van der Waals surface area contributed by atoms with Crippen molar-refractivity contribution < 1.29 is 0 Å². The summed E-state index contributed by atoms with van der Waals surface area (Å²) in [6.07, 6.45) is 1.15. The molecule has 0 amide bonds. The molecule has 2 aromatic carbocycles. The molecule has 1 aromatic heterocycles. The first kappa shape index (κ1) is 13.6. The lowest BCUT2D eigenvalue weighted by atomic mass is 9.99. The molecule has 3 rings (SSSR count). The molecule has 0 saturated carbocycles. The molecule has 1 unspecified atom stereocenters. The highest BCUT2D eigenvalue weighted by atomic mass is 32.1. The van der Waals surface area contributed by atoms with Crippen LogP contribution < -0.4 is 5.32 Å². The fraction of sp³-hybridized carbons (Fsp3) is 0.333. The number of benzene rings is 2. The number of hydrogen-bond acceptors (Lipinski definition) is 2. The maximum Gasteiger partial charge on any atom is 0.0355 e. The second kappa shape index (κ2) is 5.94. The van der Waals surface area contributed by atoms with Crippen molar-refractivity contribution >= 4 is 31.5 Å². The zero-order valence-corrected chi connectivity index (χ0v) is 13.0. The van der Waals surface area contributed by atoms with Crippen molar-refractivity contribution in [2.45, 2.75) is 20.3 Å². The Bertz CT molecular complexity index is 714. The van der Waals surface area contributed by atoms with E-state index >= 15 is 0 Å². The van der Waals surface area contributed by atoms with E-state index in [4.69, 9.17) is 0 Å². The van der Waals surface area contributed by atoms with Crippen molar-refractivity contribution in [3.8, 4) is 0 Å². The van der Waals surface area contributed by atoms with Gasteiger partial charge in [-0.15, -0.1) is 11.3 Å². The molecule has 0 radical (unpaired) electrons. The van der Waals surface area contributed by atoms with E-state index in [1.165, 1.54) is 25.7 Å². The summed E-state index contributed by atoms with van der Waals surface area (Å²) >= 11 is 1.89. The van der Waals surface area contributed by atoms with Crippen LogP contribution in [0.4, 0.5) is 0 Å². The molecule has 3 aromatic rings. The molecule has 0 aliphatic rings. The Morgan fingerprint density at radius 1 is 1.05 bits per heavy atom. The molecule has 2 heteroatoms. The van der Waals surface area contributed by atoms with Gasteiger partial charge in [-0.2, -0.15) is 0 Å². The molecule has 20 heavy (non-hydrogen) atoms. The van der Waals surface area contributed by atoms with Gasteiger partial charge in [-0.1, -0.05) is 38.1 Å². The molecule has 1 atom stereocenters. The Labute approximate surface area is 124 Å². The van der Waals surface area contributed by atoms with Gasteiger partial charge in [-0.25, -0.2) is 0 Å². The van der Waals surface area contributed by atoms with E-state index in [0.29, 0.717) is 5.92 Å². The van der Waals surface area contributed by atoms with Gasteiger partial charge >= 0.3 is 0 Å². The van der Waals surface area contributed by atoms with Gasteiger partial charge in [0.15, 0.2) is 0 Å². The van der Waals surface area contributed by atoms with Crippen molar-refractivity contribution in [3.63, 3.8) is 0 Å². The summed E-state index contributed by atoms with van der Waals surface area (Å²) in [6, 6.07) is 15.7. The summed E-state index contributed by atoms with van der Waals surface area (Å²) in [7, 11) is 0. The minimum atomic E-state index is 0.678. The van der Waals surface area contributed by atoms with E-state index in [2.05, 4.69) is 61.6 Å². The van der Waals surface area contributed by atoms with Crippen LogP contribution in [0.2, 0.25) is 0 Å². The maximum absolute atomic E-state index is 3.43. The third-order valence-corrected chi connectivity index (χ3v) is 4.92. The number of hydrogen-bond donors (Lipinski definition) is 1. The van der Waals surface area contributed by atoms with Crippen LogP contribution in [0.1, 0.15) is 19.4 Å². The van der Waals surface area contributed by atoms with E-state index in [0.717, 1.165) is 19.5 Å². The van der Waals surface area contributed by atoms with Crippen molar-refractivity contribution in [2.75, 3.05) is 13.1 Å². The topological polar surface area (TPSA) is 12.0 Å². The second-order valence-electron chi connectivity index (χ2n) is 5.55. The molecule has 104 valence electrons. The van der Waals surface area contributed by atoms with Crippen LogP contribution in [-0.4, -0.2) is 13.1 Å². The number of rotatable bonds is 5. The van der Waals surface area contributed by atoms with E-state index in [1.807, 2.05) is 11.3 Å². The summed E-state index contributed by atoms with van der Waals surface area (Å²) in [5.41, 5.74) is 1.45. The normalized spacial score (nSPS) is 13.1. The van der Waals surface area contributed by atoms with Gasteiger partial charge in [0.2, 0.25) is 0 Å². The number of nitrogens with one attached hydrogen (secondary N) is 1. The summed E-state index contributed by atoms with van der Waals surface area (Å²) in [5, 5.41) is 6.24. The summed E-state index contributed by atoms with van der Waals surface area (Å²) < 4.78 is 2.79. The standard InChI is InChI=1S/C18H21NS/c1-3-19-12-13(2)10-14-8-9-18-16(11-14)15-6-4-5-7-17(15)20-18/h4-9,11,13,19H,3,10,12H2,1-2H3. The minimum absolute atomic E-state index is 0.678. The molecule has 0 aliphatic heterocycles. The molecule has 1 nitrogen and oxygen atoms in total. The molecule has 0 aliphatic carbocycles. The van der Waals surface area contributed by atoms with Crippen LogP contribution in [0.3, 0.4) is 0 Å². The van der Waals surface area contributed by atoms with E-state index in [1.54, 1.807) is 0 Å². The molecule has 0 bridgehead atoms. The van der Waals surface area contributed by atoms with Gasteiger partial charge < -0.3 is 5.32 Å². The average Bonchev–Trinajstić information content (AvgIpc) is 2.83.